The summed E-state index contributed by atoms with van der Waals surface area (Å²) in [5, 5.41) is 2.97. The summed E-state index contributed by atoms with van der Waals surface area (Å²) in [6, 6.07) is 9.23. The maximum atomic E-state index is 12.8. The summed E-state index contributed by atoms with van der Waals surface area (Å²) in [5.74, 6) is -0.341. The van der Waals surface area contributed by atoms with E-state index in [4.69, 9.17) is 0 Å². The van der Waals surface area contributed by atoms with Crippen molar-refractivity contribution in [2.24, 2.45) is 0 Å². The number of carbonyl (C=O) groups is 2. The van der Waals surface area contributed by atoms with E-state index in [-0.39, 0.29) is 17.5 Å². The van der Waals surface area contributed by atoms with Gasteiger partial charge in [-0.3, -0.25) is 14.6 Å². The standard InChI is InChI=1S/C22H28N4O2/c1-4-17-8-6-7-16(3)20(17)24-21(27)19-15-18(9-10-23-19)22(28)26-13-11-25(5-2)12-14-26/h6-10,15H,4-5,11-14H2,1-3H3,(H,24,27). The Morgan fingerprint density at radius 2 is 1.86 bits per heavy atom. The quantitative estimate of drug-likeness (QED) is 0.866. The van der Waals surface area contributed by atoms with E-state index in [1.165, 1.54) is 6.20 Å². The molecule has 6 nitrogen and oxygen atoms in total. The second kappa shape index (κ2) is 8.97. The minimum Gasteiger partial charge on any atom is -0.336 e. The molecule has 28 heavy (non-hydrogen) atoms. The summed E-state index contributed by atoms with van der Waals surface area (Å²) >= 11 is 0. The number of likely N-dealkylation sites (N-methyl/N-ethyl adjacent to an activating group) is 1. The molecule has 2 amide bonds. The van der Waals surface area contributed by atoms with E-state index in [0.29, 0.717) is 18.7 Å². The molecule has 6 heteroatoms. The monoisotopic (exact) mass is 380 g/mol. The number of pyridine rings is 1. The average molecular weight is 380 g/mol. The molecule has 148 valence electrons. The first kappa shape index (κ1) is 20.0. The van der Waals surface area contributed by atoms with Gasteiger partial charge in [0.2, 0.25) is 0 Å². The summed E-state index contributed by atoms with van der Waals surface area (Å²) in [5.41, 5.74) is 3.67. The first-order chi connectivity index (χ1) is 13.5. The number of rotatable bonds is 5. The molecular weight excluding hydrogens is 352 g/mol. The molecule has 1 saturated heterocycles. The SMILES string of the molecule is CCc1cccc(C)c1NC(=O)c1cc(C(=O)N2CCN(CC)CC2)ccn1. The largest absolute Gasteiger partial charge is 0.336 e. The molecule has 1 aliphatic rings. The Morgan fingerprint density at radius 1 is 1.11 bits per heavy atom. The molecule has 1 aromatic heterocycles. The molecule has 3 rings (SSSR count). The van der Waals surface area contributed by atoms with Gasteiger partial charge >= 0.3 is 0 Å². The van der Waals surface area contributed by atoms with Crippen LogP contribution >= 0.6 is 0 Å². The van der Waals surface area contributed by atoms with Crippen LogP contribution in [0.3, 0.4) is 0 Å². The van der Waals surface area contributed by atoms with E-state index in [9.17, 15) is 9.59 Å². The lowest BCUT2D eigenvalue weighted by Crippen LogP contribution is -2.48. The second-order valence-electron chi connectivity index (χ2n) is 7.07. The van der Waals surface area contributed by atoms with Crippen molar-refractivity contribution < 1.29 is 9.59 Å². The number of aromatic nitrogens is 1. The predicted octanol–water partition coefficient (Wildman–Crippen LogP) is 2.98. The third-order valence-corrected chi connectivity index (χ3v) is 5.32. The number of benzene rings is 1. The number of hydrogen-bond donors (Lipinski definition) is 1. The predicted molar refractivity (Wildman–Crippen MR) is 111 cm³/mol. The summed E-state index contributed by atoms with van der Waals surface area (Å²) < 4.78 is 0. The maximum absolute atomic E-state index is 12.8. The van der Waals surface area contributed by atoms with Crippen molar-refractivity contribution in [3.63, 3.8) is 0 Å². The normalized spacial score (nSPS) is 14.8. The number of hydrogen-bond acceptors (Lipinski definition) is 4. The summed E-state index contributed by atoms with van der Waals surface area (Å²) in [4.78, 5) is 33.9. The molecule has 1 fully saturated rings. The van der Waals surface area contributed by atoms with Crippen LogP contribution in [0.5, 0.6) is 0 Å². The molecular formula is C22H28N4O2. The van der Waals surface area contributed by atoms with E-state index >= 15 is 0 Å². The average Bonchev–Trinajstić information content (AvgIpc) is 2.74. The van der Waals surface area contributed by atoms with E-state index in [1.54, 1.807) is 12.1 Å². The van der Waals surface area contributed by atoms with Gasteiger partial charge in [-0.05, 0) is 43.1 Å². The molecule has 1 aliphatic heterocycles. The summed E-state index contributed by atoms with van der Waals surface area (Å²) in [7, 11) is 0. The van der Waals surface area contributed by atoms with E-state index in [1.807, 2.05) is 30.0 Å². The van der Waals surface area contributed by atoms with Gasteiger partial charge in [-0.25, -0.2) is 0 Å². The topological polar surface area (TPSA) is 65.5 Å². The Hall–Kier alpha value is -2.73. The van der Waals surface area contributed by atoms with Gasteiger partial charge in [0.1, 0.15) is 5.69 Å². The molecule has 0 spiro atoms. The Bertz CT molecular complexity index is 857. The maximum Gasteiger partial charge on any atom is 0.274 e. The number of piperazine rings is 1. The zero-order valence-corrected chi connectivity index (χ0v) is 16.9. The number of aryl methyl sites for hydroxylation is 2. The third kappa shape index (κ3) is 4.39. The molecule has 2 heterocycles. The highest BCUT2D eigenvalue weighted by Crippen LogP contribution is 2.22. The Morgan fingerprint density at radius 3 is 2.54 bits per heavy atom. The lowest BCUT2D eigenvalue weighted by atomic mass is 10.1. The first-order valence-electron chi connectivity index (χ1n) is 9.91. The van der Waals surface area contributed by atoms with Crippen molar-refractivity contribution in [1.29, 1.82) is 0 Å². The van der Waals surface area contributed by atoms with Gasteiger partial charge in [-0.15, -0.1) is 0 Å². The van der Waals surface area contributed by atoms with Crippen molar-refractivity contribution in [3.8, 4) is 0 Å². The highest BCUT2D eigenvalue weighted by atomic mass is 16.2. The number of amides is 2. The Kier molecular flexibility index (Phi) is 6.41. The van der Waals surface area contributed by atoms with Crippen LogP contribution in [0.2, 0.25) is 0 Å². The molecule has 1 N–H and O–H groups in total. The van der Waals surface area contributed by atoms with Gasteiger partial charge in [-0.2, -0.15) is 0 Å². The summed E-state index contributed by atoms with van der Waals surface area (Å²) in [6.45, 7) is 10.3. The van der Waals surface area contributed by atoms with Crippen molar-refractivity contribution in [2.75, 3.05) is 38.0 Å². The minimum atomic E-state index is -0.297. The highest BCUT2D eigenvalue weighted by Gasteiger charge is 2.22. The minimum absolute atomic E-state index is 0.0441. The molecule has 0 aliphatic carbocycles. The zero-order valence-electron chi connectivity index (χ0n) is 16.9. The van der Waals surface area contributed by atoms with Crippen LogP contribution in [0.25, 0.3) is 0 Å². The molecule has 0 atom stereocenters. The van der Waals surface area contributed by atoms with E-state index in [2.05, 4.69) is 29.0 Å². The van der Waals surface area contributed by atoms with E-state index in [0.717, 1.165) is 42.9 Å². The smallest absolute Gasteiger partial charge is 0.274 e. The number of para-hydroxylation sites is 1. The van der Waals surface area contributed by atoms with Gasteiger partial charge in [0.25, 0.3) is 11.8 Å². The van der Waals surface area contributed by atoms with Gasteiger partial charge in [-0.1, -0.05) is 32.0 Å². The van der Waals surface area contributed by atoms with Gasteiger partial charge < -0.3 is 15.1 Å². The molecule has 0 unspecified atom stereocenters. The van der Waals surface area contributed by atoms with Crippen LogP contribution in [-0.4, -0.2) is 59.3 Å². The van der Waals surface area contributed by atoms with Crippen LogP contribution in [0.1, 0.15) is 45.8 Å². The van der Waals surface area contributed by atoms with Crippen LogP contribution in [0.15, 0.2) is 36.5 Å². The highest BCUT2D eigenvalue weighted by molar-refractivity contribution is 6.05. The van der Waals surface area contributed by atoms with Gasteiger partial charge in [0.05, 0.1) is 0 Å². The van der Waals surface area contributed by atoms with Crippen molar-refractivity contribution in [2.45, 2.75) is 27.2 Å². The fourth-order valence-electron chi connectivity index (χ4n) is 3.52. The summed E-state index contributed by atoms with van der Waals surface area (Å²) in [6.07, 6.45) is 2.36. The Balaban J connectivity index is 1.74. The van der Waals surface area contributed by atoms with Gasteiger partial charge in [0, 0.05) is 43.6 Å². The molecule has 0 saturated carbocycles. The number of nitrogens with zero attached hydrogens (tertiary/aromatic N) is 3. The number of nitrogens with one attached hydrogen (secondary N) is 1. The second-order valence-corrected chi connectivity index (χ2v) is 7.07. The number of anilines is 1. The van der Waals surface area contributed by atoms with Crippen molar-refractivity contribution >= 4 is 17.5 Å². The van der Waals surface area contributed by atoms with Crippen LogP contribution in [0.4, 0.5) is 5.69 Å². The van der Waals surface area contributed by atoms with Crippen LogP contribution in [0, 0.1) is 6.92 Å². The first-order valence-corrected chi connectivity index (χ1v) is 9.91. The molecule has 0 radical (unpaired) electrons. The fourth-order valence-corrected chi connectivity index (χ4v) is 3.52. The fraction of sp³-hybridized carbons (Fsp3) is 0.409. The van der Waals surface area contributed by atoms with Gasteiger partial charge in [0.15, 0.2) is 0 Å². The zero-order chi connectivity index (χ0) is 20.1. The lowest BCUT2D eigenvalue weighted by molar-refractivity contribution is 0.0643. The molecule has 2 aromatic rings. The number of carbonyl (C=O) groups excluding carboxylic acids is 2. The molecule has 1 aromatic carbocycles. The van der Waals surface area contributed by atoms with Crippen LogP contribution < -0.4 is 5.32 Å². The third-order valence-electron chi connectivity index (χ3n) is 5.32. The van der Waals surface area contributed by atoms with Crippen molar-refractivity contribution in [1.82, 2.24) is 14.8 Å². The van der Waals surface area contributed by atoms with E-state index < -0.39 is 0 Å². The Labute approximate surface area is 166 Å². The lowest BCUT2D eigenvalue weighted by Gasteiger charge is -2.34. The molecule has 0 bridgehead atoms. The van der Waals surface area contributed by atoms with Crippen molar-refractivity contribution in [3.05, 3.63) is 58.9 Å². The van der Waals surface area contributed by atoms with Crippen LogP contribution in [-0.2, 0) is 6.42 Å².